The average molecular weight is 261 g/mol. The standard InChI is InChI=1S/C14H20N3P/c1-16-9-10(8-15)12-7-11(3-4-13(12)18)14(17-2)5-6-14/h3-4,7-9,17H,5-6,15,18H2,1-2H3/b10-8+,16-9?. The Hall–Kier alpha value is -1.18. The second kappa shape index (κ2) is 5.21. The molecule has 0 spiro atoms. The Bertz CT molecular complexity index is 502. The Kier molecular flexibility index (Phi) is 3.84. The summed E-state index contributed by atoms with van der Waals surface area (Å²) in [6.07, 6.45) is 5.80. The Morgan fingerprint density at radius 2 is 2.22 bits per heavy atom. The fraction of sp³-hybridized carbons (Fsp3) is 0.357. The van der Waals surface area contributed by atoms with E-state index in [1.54, 1.807) is 19.5 Å². The van der Waals surface area contributed by atoms with Crippen LogP contribution in [0, 0.1) is 0 Å². The van der Waals surface area contributed by atoms with Crippen molar-refractivity contribution < 1.29 is 0 Å². The summed E-state index contributed by atoms with van der Waals surface area (Å²) in [6.45, 7) is 0. The van der Waals surface area contributed by atoms with Crippen LogP contribution in [0.15, 0.2) is 29.4 Å². The smallest absolute Gasteiger partial charge is 0.0434 e. The van der Waals surface area contributed by atoms with Crippen molar-refractivity contribution in [3.63, 3.8) is 0 Å². The van der Waals surface area contributed by atoms with E-state index in [2.05, 4.69) is 37.7 Å². The van der Waals surface area contributed by atoms with Crippen LogP contribution in [0.1, 0.15) is 24.0 Å². The van der Waals surface area contributed by atoms with Crippen LogP contribution in [-0.4, -0.2) is 20.3 Å². The molecule has 1 aliphatic rings. The van der Waals surface area contributed by atoms with Gasteiger partial charge in [0.15, 0.2) is 0 Å². The third-order valence-electron chi connectivity index (χ3n) is 3.59. The van der Waals surface area contributed by atoms with Crippen LogP contribution in [0.4, 0.5) is 0 Å². The van der Waals surface area contributed by atoms with Crippen LogP contribution >= 0.6 is 9.24 Å². The third kappa shape index (κ3) is 2.33. The first kappa shape index (κ1) is 13.3. The van der Waals surface area contributed by atoms with Crippen molar-refractivity contribution in [3.8, 4) is 0 Å². The highest BCUT2D eigenvalue weighted by molar-refractivity contribution is 7.27. The predicted octanol–water partition coefficient (Wildman–Crippen LogP) is 1.40. The van der Waals surface area contributed by atoms with Gasteiger partial charge in [0, 0.05) is 30.6 Å². The van der Waals surface area contributed by atoms with E-state index in [1.165, 1.54) is 18.4 Å². The summed E-state index contributed by atoms with van der Waals surface area (Å²) < 4.78 is 0. The van der Waals surface area contributed by atoms with E-state index in [0.29, 0.717) is 0 Å². The molecule has 1 saturated carbocycles. The molecule has 0 amide bonds. The molecular weight excluding hydrogens is 241 g/mol. The zero-order valence-electron chi connectivity index (χ0n) is 10.9. The molecule has 3 N–H and O–H groups in total. The SMILES string of the molecule is CN=C/C(=C\N)c1cc(C2(NC)CC2)ccc1P. The van der Waals surface area contributed by atoms with Gasteiger partial charge in [-0.15, -0.1) is 9.24 Å². The van der Waals surface area contributed by atoms with Crippen LogP contribution in [0.3, 0.4) is 0 Å². The molecule has 1 unspecified atom stereocenters. The van der Waals surface area contributed by atoms with Gasteiger partial charge in [0.1, 0.15) is 0 Å². The van der Waals surface area contributed by atoms with Crippen molar-refractivity contribution in [2.75, 3.05) is 14.1 Å². The topological polar surface area (TPSA) is 50.4 Å². The van der Waals surface area contributed by atoms with Gasteiger partial charge < -0.3 is 11.1 Å². The molecule has 3 nitrogen and oxygen atoms in total. The van der Waals surface area contributed by atoms with Crippen LogP contribution < -0.4 is 16.4 Å². The van der Waals surface area contributed by atoms with E-state index in [-0.39, 0.29) is 5.54 Å². The molecule has 0 heterocycles. The van der Waals surface area contributed by atoms with E-state index in [0.717, 1.165) is 16.4 Å². The molecule has 2 rings (SSSR count). The largest absolute Gasteiger partial charge is 0.404 e. The summed E-state index contributed by atoms with van der Waals surface area (Å²) in [6, 6.07) is 6.53. The normalized spacial score (nSPS) is 18.3. The fourth-order valence-corrected chi connectivity index (χ4v) is 2.60. The van der Waals surface area contributed by atoms with E-state index < -0.39 is 0 Å². The lowest BCUT2D eigenvalue weighted by Crippen LogP contribution is -2.25. The third-order valence-corrected chi connectivity index (χ3v) is 4.10. The highest BCUT2D eigenvalue weighted by Crippen LogP contribution is 2.45. The minimum atomic E-state index is 0.177. The van der Waals surface area contributed by atoms with Gasteiger partial charge in [-0.2, -0.15) is 0 Å². The maximum absolute atomic E-state index is 5.69. The number of benzene rings is 1. The summed E-state index contributed by atoms with van der Waals surface area (Å²) in [7, 11) is 6.53. The van der Waals surface area contributed by atoms with Gasteiger partial charge in [-0.1, -0.05) is 12.1 Å². The number of hydrogen-bond donors (Lipinski definition) is 2. The van der Waals surface area contributed by atoms with E-state index in [4.69, 9.17) is 5.73 Å². The molecule has 18 heavy (non-hydrogen) atoms. The summed E-state index contributed by atoms with van der Waals surface area (Å²) in [4.78, 5) is 4.05. The summed E-state index contributed by atoms with van der Waals surface area (Å²) in [5, 5.41) is 4.55. The minimum Gasteiger partial charge on any atom is -0.404 e. The summed E-state index contributed by atoms with van der Waals surface area (Å²) in [5.41, 5.74) is 9.28. The average Bonchev–Trinajstić information content (AvgIpc) is 3.18. The second-order valence-electron chi connectivity index (χ2n) is 4.64. The molecule has 1 aromatic carbocycles. The van der Waals surface area contributed by atoms with Crippen LogP contribution in [0.2, 0.25) is 0 Å². The van der Waals surface area contributed by atoms with Gasteiger partial charge in [0.25, 0.3) is 0 Å². The molecule has 0 bridgehead atoms. The molecule has 96 valence electrons. The van der Waals surface area contributed by atoms with Gasteiger partial charge in [-0.05, 0) is 42.4 Å². The summed E-state index contributed by atoms with van der Waals surface area (Å²) in [5.74, 6) is 0. The van der Waals surface area contributed by atoms with Crippen molar-refractivity contribution in [3.05, 3.63) is 35.5 Å². The number of hydrogen-bond acceptors (Lipinski definition) is 3. The molecule has 1 aliphatic carbocycles. The Labute approximate surface area is 111 Å². The van der Waals surface area contributed by atoms with E-state index in [9.17, 15) is 0 Å². The predicted molar refractivity (Wildman–Crippen MR) is 82.3 cm³/mol. The van der Waals surface area contributed by atoms with Gasteiger partial charge in [-0.3, -0.25) is 4.99 Å². The number of allylic oxidation sites excluding steroid dienone is 1. The molecule has 0 radical (unpaired) electrons. The van der Waals surface area contributed by atoms with Gasteiger partial charge in [-0.25, -0.2) is 0 Å². The first-order chi connectivity index (χ1) is 8.66. The molecule has 1 atom stereocenters. The van der Waals surface area contributed by atoms with E-state index >= 15 is 0 Å². The van der Waals surface area contributed by atoms with Crippen LogP contribution in [0.5, 0.6) is 0 Å². The lowest BCUT2D eigenvalue weighted by atomic mass is 9.98. The van der Waals surface area contributed by atoms with E-state index in [1.807, 2.05) is 7.05 Å². The highest BCUT2D eigenvalue weighted by Gasteiger charge is 2.42. The monoisotopic (exact) mass is 261 g/mol. The van der Waals surface area contributed by atoms with Gasteiger partial charge in [0.05, 0.1) is 0 Å². The van der Waals surface area contributed by atoms with Crippen LogP contribution in [0.25, 0.3) is 5.57 Å². The fourth-order valence-electron chi connectivity index (χ4n) is 2.25. The molecule has 1 aromatic rings. The molecular formula is C14H20N3P. The molecule has 0 aromatic heterocycles. The molecule has 0 saturated heterocycles. The Morgan fingerprint density at radius 3 is 2.72 bits per heavy atom. The number of aliphatic imine (C=N–C) groups is 1. The first-order valence-electron chi connectivity index (χ1n) is 6.10. The van der Waals surface area contributed by atoms with Crippen molar-refractivity contribution in [1.29, 1.82) is 0 Å². The van der Waals surface area contributed by atoms with Gasteiger partial charge in [0.2, 0.25) is 0 Å². The summed E-state index contributed by atoms with van der Waals surface area (Å²) >= 11 is 0. The zero-order chi connectivity index (χ0) is 13.2. The highest BCUT2D eigenvalue weighted by atomic mass is 31.0. The van der Waals surface area contributed by atoms with Crippen molar-refractivity contribution in [2.45, 2.75) is 18.4 Å². The number of nitrogens with one attached hydrogen (secondary N) is 1. The lowest BCUT2D eigenvalue weighted by Gasteiger charge is -2.17. The van der Waals surface area contributed by atoms with Crippen molar-refractivity contribution in [1.82, 2.24) is 5.32 Å². The molecule has 1 fully saturated rings. The number of rotatable bonds is 4. The minimum absolute atomic E-state index is 0.177. The van der Waals surface area contributed by atoms with Crippen molar-refractivity contribution in [2.24, 2.45) is 10.7 Å². The second-order valence-corrected chi connectivity index (χ2v) is 5.27. The first-order valence-corrected chi connectivity index (χ1v) is 6.68. The maximum atomic E-state index is 5.69. The number of nitrogens with two attached hydrogens (primary N) is 1. The maximum Gasteiger partial charge on any atom is 0.0434 e. The number of nitrogens with zero attached hydrogens (tertiary/aromatic N) is 1. The van der Waals surface area contributed by atoms with Crippen LogP contribution in [-0.2, 0) is 5.54 Å². The molecule has 0 aliphatic heterocycles. The Morgan fingerprint density at radius 1 is 1.50 bits per heavy atom. The lowest BCUT2D eigenvalue weighted by molar-refractivity contribution is 0.586. The van der Waals surface area contributed by atoms with Gasteiger partial charge >= 0.3 is 0 Å². The Balaban J connectivity index is 2.45. The zero-order valence-corrected chi connectivity index (χ0v) is 12.1. The quantitative estimate of drug-likeness (QED) is 0.636. The van der Waals surface area contributed by atoms with Crippen molar-refractivity contribution >= 4 is 26.3 Å². The molecule has 4 heteroatoms.